The summed E-state index contributed by atoms with van der Waals surface area (Å²) in [4.78, 5) is 24.4. The van der Waals surface area contributed by atoms with Gasteiger partial charge in [-0.3, -0.25) is 4.79 Å². The summed E-state index contributed by atoms with van der Waals surface area (Å²) in [5.41, 5.74) is 1.84. The average Bonchev–Trinajstić information content (AvgIpc) is 3.11. The number of carboxylic acid groups (broad SMARTS) is 1. The molecule has 1 aromatic carbocycles. The summed E-state index contributed by atoms with van der Waals surface area (Å²) in [6.45, 7) is 4.48. The summed E-state index contributed by atoms with van der Waals surface area (Å²) in [5.74, 6) is -2.83. The number of rotatable bonds is 4. The number of amides is 1. The number of carbonyl (C=O) groups excluding carboxylic acids is 1. The first-order chi connectivity index (χ1) is 13.7. The van der Waals surface area contributed by atoms with Crippen LogP contribution in [-0.2, 0) is 11.3 Å². The van der Waals surface area contributed by atoms with Crippen LogP contribution in [0.2, 0.25) is 5.02 Å². The highest BCUT2D eigenvalue weighted by Crippen LogP contribution is 2.22. The maximum Gasteiger partial charge on any atom is 0.490 e. The van der Waals surface area contributed by atoms with E-state index in [-0.39, 0.29) is 5.91 Å². The summed E-state index contributed by atoms with van der Waals surface area (Å²) < 4.78 is 31.7. The zero-order chi connectivity index (χ0) is 21.4. The van der Waals surface area contributed by atoms with Gasteiger partial charge in [0.05, 0.1) is 11.6 Å². The zero-order valence-electron chi connectivity index (χ0n) is 15.1. The molecule has 158 valence electrons. The van der Waals surface area contributed by atoms with E-state index >= 15 is 0 Å². The van der Waals surface area contributed by atoms with E-state index in [0.717, 1.165) is 31.1 Å². The molecule has 11 heteroatoms. The van der Waals surface area contributed by atoms with Gasteiger partial charge in [-0.05, 0) is 35.7 Å². The van der Waals surface area contributed by atoms with Gasteiger partial charge < -0.3 is 20.6 Å². The quantitative estimate of drug-likeness (QED) is 0.666. The first-order valence-corrected chi connectivity index (χ1v) is 9.80. The van der Waals surface area contributed by atoms with Crippen molar-refractivity contribution in [3.05, 3.63) is 51.2 Å². The molecule has 29 heavy (non-hydrogen) atoms. The highest BCUT2D eigenvalue weighted by molar-refractivity contribution is 7.10. The molecule has 1 fully saturated rings. The fourth-order valence-electron chi connectivity index (χ4n) is 2.46. The maximum absolute atomic E-state index is 12.2. The van der Waals surface area contributed by atoms with Crippen LogP contribution >= 0.6 is 22.9 Å². The largest absolute Gasteiger partial charge is 0.490 e. The molecule has 1 aromatic heterocycles. The molecule has 6 nitrogen and oxygen atoms in total. The minimum atomic E-state index is -5.08. The Kier molecular flexibility index (Phi) is 8.30. The standard InChI is InChI=1S/C16H18ClN3OS.C2HF3O2/c17-14-5-10-22-15(14)11-19-16(21)12-1-3-13(4-2-12)20-8-6-18-7-9-20;3-2(4,5)1(6)7/h1-5,10,18H,6-9,11H2,(H,19,21);(H,6,7). The fraction of sp³-hybridized carbons (Fsp3) is 0.333. The summed E-state index contributed by atoms with van der Waals surface area (Å²) in [6.07, 6.45) is -5.08. The number of anilines is 1. The smallest absolute Gasteiger partial charge is 0.475 e. The van der Waals surface area contributed by atoms with Crippen molar-refractivity contribution >= 4 is 40.5 Å². The number of hydrogen-bond acceptors (Lipinski definition) is 5. The van der Waals surface area contributed by atoms with Crippen LogP contribution in [0.5, 0.6) is 0 Å². The summed E-state index contributed by atoms with van der Waals surface area (Å²) in [6, 6.07) is 9.62. The third-order valence-corrected chi connectivity index (χ3v) is 5.34. The number of halogens is 4. The topological polar surface area (TPSA) is 81.7 Å². The number of carboxylic acids is 1. The number of hydrogen-bond donors (Lipinski definition) is 3. The van der Waals surface area contributed by atoms with E-state index in [0.29, 0.717) is 17.1 Å². The Morgan fingerprint density at radius 1 is 1.17 bits per heavy atom. The van der Waals surface area contributed by atoms with Crippen molar-refractivity contribution in [3.63, 3.8) is 0 Å². The van der Waals surface area contributed by atoms with Gasteiger partial charge in [-0.2, -0.15) is 13.2 Å². The summed E-state index contributed by atoms with van der Waals surface area (Å²) in [5, 5.41) is 16.0. The highest BCUT2D eigenvalue weighted by Gasteiger charge is 2.38. The molecule has 1 amide bonds. The van der Waals surface area contributed by atoms with Crippen LogP contribution in [0.15, 0.2) is 35.7 Å². The first-order valence-electron chi connectivity index (χ1n) is 8.54. The van der Waals surface area contributed by atoms with Crippen molar-refractivity contribution in [1.29, 1.82) is 0 Å². The molecule has 1 aliphatic heterocycles. The molecule has 0 aliphatic carbocycles. The SMILES string of the molecule is O=C(NCc1sccc1Cl)c1ccc(N2CCNCC2)cc1.O=C(O)C(F)(F)F. The van der Waals surface area contributed by atoms with Gasteiger partial charge in [0.25, 0.3) is 5.91 Å². The van der Waals surface area contributed by atoms with Gasteiger partial charge in [0, 0.05) is 42.3 Å². The van der Waals surface area contributed by atoms with E-state index in [1.165, 1.54) is 5.69 Å². The second-order valence-electron chi connectivity index (χ2n) is 5.96. The molecule has 1 saturated heterocycles. The Morgan fingerprint density at radius 2 is 1.76 bits per heavy atom. The molecule has 0 bridgehead atoms. The van der Waals surface area contributed by atoms with Crippen LogP contribution in [0.1, 0.15) is 15.2 Å². The second kappa shape index (κ2) is 10.5. The van der Waals surface area contributed by atoms with Gasteiger partial charge in [-0.25, -0.2) is 4.79 Å². The van der Waals surface area contributed by atoms with Crippen molar-refractivity contribution in [2.75, 3.05) is 31.1 Å². The Bertz CT molecular complexity index is 822. The van der Waals surface area contributed by atoms with Gasteiger partial charge in [-0.1, -0.05) is 11.6 Å². The Hall–Kier alpha value is -2.30. The Labute approximate surface area is 174 Å². The number of aliphatic carboxylic acids is 1. The number of nitrogens with one attached hydrogen (secondary N) is 2. The van der Waals surface area contributed by atoms with Crippen LogP contribution in [0, 0.1) is 0 Å². The van der Waals surface area contributed by atoms with Gasteiger partial charge in [0.15, 0.2) is 0 Å². The molecule has 1 aliphatic rings. The van der Waals surface area contributed by atoms with Gasteiger partial charge in [-0.15, -0.1) is 11.3 Å². The molecule has 2 aromatic rings. The number of carbonyl (C=O) groups is 2. The molecule has 0 atom stereocenters. The second-order valence-corrected chi connectivity index (χ2v) is 7.37. The maximum atomic E-state index is 12.2. The summed E-state index contributed by atoms with van der Waals surface area (Å²) in [7, 11) is 0. The number of alkyl halides is 3. The third-order valence-electron chi connectivity index (χ3n) is 3.95. The number of nitrogens with zero attached hydrogens (tertiary/aromatic N) is 1. The summed E-state index contributed by atoms with van der Waals surface area (Å²) >= 11 is 7.57. The van der Waals surface area contributed by atoms with Crippen LogP contribution in [0.4, 0.5) is 18.9 Å². The highest BCUT2D eigenvalue weighted by atomic mass is 35.5. The van der Waals surface area contributed by atoms with E-state index in [9.17, 15) is 18.0 Å². The van der Waals surface area contributed by atoms with Gasteiger partial charge in [0.2, 0.25) is 0 Å². The molecule has 3 rings (SSSR count). The Balaban J connectivity index is 0.000000370. The molecule has 3 N–H and O–H groups in total. The third kappa shape index (κ3) is 7.22. The van der Waals surface area contributed by atoms with Gasteiger partial charge >= 0.3 is 12.1 Å². The number of benzene rings is 1. The van der Waals surface area contributed by atoms with E-state index < -0.39 is 12.1 Å². The van der Waals surface area contributed by atoms with Crippen LogP contribution in [-0.4, -0.2) is 49.3 Å². The predicted octanol–water partition coefficient (Wildman–Crippen LogP) is 3.37. The lowest BCUT2D eigenvalue weighted by Gasteiger charge is -2.29. The van der Waals surface area contributed by atoms with E-state index in [2.05, 4.69) is 15.5 Å². The molecular formula is C18H19ClF3N3O3S. The first kappa shape index (κ1) is 23.0. The van der Waals surface area contributed by atoms with E-state index in [1.54, 1.807) is 11.3 Å². The Morgan fingerprint density at radius 3 is 2.24 bits per heavy atom. The molecule has 2 heterocycles. The minimum Gasteiger partial charge on any atom is -0.475 e. The van der Waals surface area contributed by atoms with Crippen molar-refractivity contribution in [1.82, 2.24) is 10.6 Å². The monoisotopic (exact) mass is 449 g/mol. The molecule has 0 unspecified atom stereocenters. The number of thiophene rings is 1. The van der Waals surface area contributed by atoms with Crippen molar-refractivity contribution in [2.45, 2.75) is 12.7 Å². The molecule has 0 saturated carbocycles. The van der Waals surface area contributed by atoms with Crippen LogP contribution in [0.3, 0.4) is 0 Å². The van der Waals surface area contributed by atoms with Crippen molar-refractivity contribution < 1.29 is 27.9 Å². The molecule has 0 spiro atoms. The molecule has 0 radical (unpaired) electrons. The number of piperazine rings is 1. The van der Waals surface area contributed by atoms with Gasteiger partial charge in [0.1, 0.15) is 0 Å². The zero-order valence-corrected chi connectivity index (χ0v) is 16.7. The van der Waals surface area contributed by atoms with Crippen LogP contribution < -0.4 is 15.5 Å². The lowest BCUT2D eigenvalue weighted by Crippen LogP contribution is -2.43. The lowest BCUT2D eigenvalue weighted by atomic mass is 10.1. The van der Waals surface area contributed by atoms with Crippen LogP contribution in [0.25, 0.3) is 0 Å². The van der Waals surface area contributed by atoms with Crippen molar-refractivity contribution in [2.24, 2.45) is 0 Å². The van der Waals surface area contributed by atoms with E-state index in [1.807, 2.05) is 35.7 Å². The average molecular weight is 450 g/mol. The predicted molar refractivity (Wildman–Crippen MR) is 106 cm³/mol. The normalized spacial score (nSPS) is 14.0. The van der Waals surface area contributed by atoms with E-state index in [4.69, 9.17) is 21.5 Å². The lowest BCUT2D eigenvalue weighted by molar-refractivity contribution is -0.192. The molecular weight excluding hydrogens is 431 g/mol. The van der Waals surface area contributed by atoms with Crippen molar-refractivity contribution in [3.8, 4) is 0 Å². The minimum absolute atomic E-state index is 0.0728. The fourth-order valence-corrected chi connectivity index (χ4v) is 3.50.